The number of carbonyl (C=O) groups excluding carboxylic acids is 10. The molecule has 3 heterocycles. The van der Waals surface area contributed by atoms with E-state index in [1.165, 1.54) is 40.7 Å². The summed E-state index contributed by atoms with van der Waals surface area (Å²) in [6, 6.07) is 0. The number of fused-ring (bicyclic) bond motifs is 6. The number of hydrogen-bond acceptors (Lipinski definition) is 19. The summed E-state index contributed by atoms with van der Waals surface area (Å²) in [7, 11) is 0. The van der Waals surface area contributed by atoms with Gasteiger partial charge in [-0.25, -0.2) is 14.4 Å². The molecular formula is C49H58O19. The summed E-state index contributed by atoms with van der Waals surface area (Å²) in [5.41, 5.74) is 1.44. The molecule has 3 aliphatic carbocycles. The molecule has 0 aromatic heterocycles. The number of Topliss-reactive ketones (excluding diaryl/α,β-unsaturated/α-hetero) is 2. The van der Waals surface area contributed by atoms with Crippen LogP contribution in [0.25, 0.3) is 0 Å². The summed E-state index contributed by atoms with van der Waals surface area (Å²) in [6.45, 7) is 17.0. The fraction of sp³-hybridized carbons (Fsp3) is 0.551. The van der Waals surface area contributed by atoms with Crippen LogP contribution in [0.1, 0.15) is 101 Å². The molecule has 0 amide bonds. The van der Waals surface area contributed by atoms with Crippen molar-refractivity contribution in [2.24, 2.45) is 11.3 Å². The van der Waals surface area contributed by atoms with Gasteiger partial charge in [0, 0.05) is 74.8 Å². The van der Waals surface area contributed by atoms with E-state index in [1.807, 2.05) is 13.8 Å². The van der Waals surface area contributed by atoms with Gasteiger partial charge in [-0.05, 0) is 63.2 Å². The first-order valence-corrected chi connectivity index (χ1v) is 22.1. The molecule has 2 saturated carbocycles. The van der Waals surface area contributed by atoms with Gasteiger partial charge in [0.15, 0.2) is 23.3 Å². The Balaban J connectivity index is 0.000000254. The molecule has 0 spiro atoms. The van der Waals surface area contributed by atoms with Gasteiger partial charge in [0.1, 0.15) is 62.4 Å². The Labute approximate surface area is 393 Å². The number of ether oxygens (including phenoxy) is 9. The number of ketones is 3. The smallest absolute Gasteiger partial charge is 0.338 e. The third kappa shape index (κ3) is 12.9. The van der Waals surface area contributed by atoms with Crippen molar-refractivity contribution >= 4 is 59.1 Å². The largest absolute Gasteiger partial charge is 0.486 e. The molecule has 368 valence electrons. The Morgan fingerprint density at radius 2 is 1.29 bits per heavy atom. The number of allylic oxidation sites excluding steroid dienone is 2. The van der Waals surface area contributed by atoms with E-state index in [2.05, 4.69) is 6.58 Å². The third-order valence-corrected chi connectivity index (χ3v) is 12.3. The predicted octanol–water partition coefficient (Wildman–Crippen LogP) is 4.19. The molecule has 3 aliphatic heterocycles. The van der Waals surface area contributed by atoms with Gasteiger partial charge in [-0.3, -0.25) is 33.6 Å². The Kier molecular flexibility index (Phi) is 16.7. The molecule has 2 bridgehead atoms. The van der Waals surface area contributed by atoms with Crippen molar-refractivity contribution in [1.82, 2.24) is 0 Å². The lowest BCUT2D eigenvalue weighted by Gasteiger charge is -2.28. The standard InChI is InChI=1S/C26H32O8.C23H26O11/c1-14(12-31-17(4)27)7-24(30)34-21-8-15(2)19-9-23(29)26(6,10-19)11-22-25(21)20(16(3)33-22)13-32-18(5)28;1-11(9-30-12(2)24)7-18(28)32-16-6-5-14(26)8-17(27)23(4)21(34-23)20-19(16)15(22(29)33-20)10-31-13(3)25/h7,9,15,21-22H,3,8,10-13H2,1-2,4-6H3;7,16,20-21H,5-6,8-10H2,1-4H3/b14-7-;11-7-. The van der Waals surface area contributed by atoms with E-state index in [9.17, 15) is 47.9 Å². The van der Waals surface area contributed by atoms with E-state index in [0.29, 0.717) is 47.3 Å². The minimum Gasteiger partial charge on any atom is -0.486 e. The highest BCUT2D eigenvalue weighted by molar-refractivity contribution is 6.05. The Bertz CT molecular complexity index is 2340. The lowest BCUT2D eigenvalue weighted by Crippen LogP contribution is -2.37. The van der Waals surface area contributed by atoms with Crippen LogP contribution in [0.5, 0.6) is 0 Å². The fourth-order valence-corrected chi connectivity index (χ4v) is 8.63. The first kappa shape index (κ1) is 52.5. The van der Waals surface area contributed by atoms with Gasteiger partial charge in [0.05, 0.1) is 12.0 Å². The minimum absolute atomic E-state index is 0.0121. The number of hydrogen-bond donors (Lipinski definition) is 0. The zero-order valence-electron chi connectivity index (χ0n) is 39.7. The summed E-state index contributed by atoms with van der Waals surface area (Å²) in [5.74, 6) is -4.63. The molecule has 8 unspecified atom stereocenters. The maximum Gasteiger partial charge on any atom is 0.338 e. The predicted molar refractivity (Wildman–Crippen MR) is 233 cm³/mol. The minimum atomic E-state index is -1.32. The van der Waals surface area contributed by atoms with E-state index in [4.69, 9.17) is 42.6 Å². The van der Waals surface area contributed by atoms with E-state index in [1.54, 1.807) is 19.9 Å². The molecule has 68 heavy (non-hydrogen) atoms. The molecule has 0 aromatic carbocycles. The summed E-state index contributed by atoms with van der Waals surface area (Å²) >= 11 is 0. The maximum atomic E-state index is 12.8. The van der Waals surface area contributed by atoms with Gasteiger partial charge in [-0.2, -0.15) is 0 Å². The van der Waals surface area contributed by atoms with E-state index in [-0.39, 0.29) is 67.7 Å². The molecule has 1 saturated heterocycles. The normalized spacial score (nSPS) is 28.9. The first-order chi connectivity index (χ1) is 31.8. The fourth-order valence-electron chi connectivity index (χ4n) is 8.63. The van der Waals surface area contributed by atoms with Crippen LogP contribution in [-0.2, 0) is 90.6 Å². The summed E-state index contributed by atoms with van der Waals surface area (Å²) in [4.78, 5) is 121. The van der Waals surface area contributed by atoms with Crippen LogP contribution in [0.3, 0.4) is 0 Å². The number of esters is 7. The van der Waals surface area contributed by atoms with Gasteiger partial charge < -0.3 is 42.6 Å². The van der Waals surface area contributed by atoms with Crippen LogP contribution in [0, 0.1) is 11.3 Å². The van der Waals surface area contributed by atoms with Crippen molar-refractivity contribution in [2.75, 3.05) is 26.4 Å². The van der Waals surface area contributed by atoms with Crippen LogP contribution >= 0.6 is 0 Å². The van der Waals surface area contributed by atoms with E-state index < -0.39 is 95.7 Å². The van der Waals surface area contributed by atoms with Crippen LogP contribution < -0.4 is 0 Å². The Morgan fingerprint density at radius 3 is 1.85 bits per heavy atom. The van der Waals surface area contributed by atoms with E-state index >= 15 is 0 Å². The van der Waals surface area contributed by atoms with Crippen LogP contribution in [0.4, 0.5) is 0 Å². The zero-order valence-corrected chi connectivity index (χ0v) is 39.7. The molecular weight excluding hydrogens is 893 g/mol. The molecule has 3 fully saturated rings. The third-order valence-electron chi connectivity index (χ3n) is 12.3. The van der Waals surface area contributed by atoms with Gasteiger partial charge in [0.2, 0.25) is 0 Å². The molecule has 6 aliphatic rings. The molecule has 8 atom stereocenters. The SMILES string of the molecule is C=C1OC2CC3(C)CC(=CC3=O)C(C)CC(OC(=O)/C=C(/C)COC(C)=O)C2=C1COC(C)=O.CC(=O)OCC1=C2C(OC(=O)/C=C(/C)COC(C)=O)CCC(=O)CC(=O)C3(C)OC3C2OC1=O. The average Bonchev–Trinajstić information content (AvgIpc) is 3.49. The molecule has 19 nitrogen and oxygen atoms in total. The zero-order chi connectivity index (χ0) is 50.4. The van der Waals surface area contributed by atoms with E-state index in [0.717, 1.165) is 11.6 Å². The summed E-state index contributed by atoms with van der Waals surface area (Å²) in [5, 5.41) is 0. The second kappa shape index (κ2) is 21.6. The second-order valence-corrected chi connectivity index (χ2v) is 18.2. The van der Waals surface area contributed by atoms with Crippen molar-refractivity contribution in [3.05, 3.63) is 69.6 Å². The van der Waals surface area contributed by atoms with Crippen molar-refractivity contribution < 1.29 is 90.6 Å². The lowest BCUT2D eigenvalue weighted by molar-refractivity contribution is -0.145. The highest BCUT2D eigenvalue weighted by Gasteiger charge is 2.66. The molecule has 6 rings (SSSR count). The van der Waals surface area contributed by atoms with Crippen molar-refractivity contribution in [1.29, 1.82) is 0 Å². The van der Waals surface area contributed by atoms with Crippen LogP contribution in [0.2, 0.25) is 0 Å². The lowest BCUT2D eigenvalue weighted by atomic mass is 9.78. The van der Waals surface area contributed by atoms with Crippen molar-refractivity contribution in [3.8, 4) is 0 Å². The Morgan fingerprint density at radius 1 is 0.750 bits per heavy atom. The van der Waals surface area contributed by atoms with Crippen LogP contribution in [-0.4, -0.2) is 122 Å². The summed E-state index contributed by atoms with van der Waals surface area (Å²) < 4.78 is 48.6. The van der Waals surface area contributed by atoms with Gasteiger partial charge in [-0.1, -0.05) is 26.0 Å². The highest BCUT2D eigenvalue weighted by Crippen LogP contribution is 2.50. The maximum absolute atomic E-state index is 12.8. The van der Waals surface area contributed by atoms with Gasteiger partial charge in [-0.15, -0.1) is 0 Å². The molecule has 0 N–H and O–H groups in total. The van der Waals surface area contributed by atoms with Crippen LogP contribution in [0.15, 0.2) is 69.6 Å². The van der Waals surface area contributed by atoms with Crippen molar-refractivity contribution in [3.63, 3.8) is 0 Å². The highest BCUT2D eigenvalue weighted by atomic mass is 16.7. The number of carbonyl (C=O) groups is 10. The summed E-state index contributed by atoms with van der Waals surface area (Å²) in [6.07, 6.45) is 0.888. The number of epoxide rings is 1. The topological polar surface area (TPSA) is 257 Å². The molecule has 19 heteroatoms. The first-order valence-electron chi connectivity index (χ1n) is 22.1. The quantitative estimate of drug-likeness (QED) is 0.0873. The number of rotatable bonds is 12. The Hall–Kier alpha value is -6.50. The monoisotopic (exact) mass is 950 g/mol. The average molecular weight is 951 g/mol. The molecule has 0 radical (unpaired) electrons. The van der Waals surface area contributed by atoms with Crippen molar-refractivity contribution in [2.45, 2.75) is 137 Å². The van der Waals surface area contributed by atoms with Gasteiger partial charge in [0.25, 0.3) is 0 Å². The van der Waals surface area contributed by atoms with Gasteiger partial charge >= 0.3 is 41.8 Å². The second-order valence-electron chi connectivity index (χ2n) is 18.2. The molecule has 0 aromatic rings.